The monoisotopic (exact) mass is 465 g/mol. The number of alkyl halides is 1. The molecule has 9 nitrogen and oxygen atoms in total. The molecule has 3 aromatic heterocycles. The van der Waals surface area contributed by atoms with E-state index in [9.17, 15) is 14.3 Å². The Morgan fingerprint density at radius 3 is 2.97 bits per heavy atom. The number of pyridine rings is 1. The van der Waals surface area contributed by atoms with Crippen LogP contribution in [0.15, 0.2) is 47.2 Å². The molecule has 5 rings (SSSR count). The Kier molecular flexibility index (Phi) is 5.84. The lowest BCUT2D eigenvalue weighted by atomic mass is 10.1. The summed E-state index contributed by atoms with van der Waals surface area (Å²) in [5.74, 6) is 0.0176. The molecule has 1 aromatic carbocycles. The molecule has 176 valence electrons. The SMILES string of the molecule is Cc1ccc(-c2noc([C@H]3C[C@@H]3F)n2)cc1NC(=O)c1cnc2cc(COC[C@@H](C)O)ccn12. The fourth-order valence-electron chi connectivity index (χ4n) is 3.63. The van der Waals surface area contributed by atoms with Gasteiger partial charge >= 0.3 is 0 Å². The van der Waals surface area contributed by atoms with Gasteiger partial charge in [-0.1, -0.05) is 17.3 Å². The zero-order chi connectivity index (χ0) is 23.8. The fourth-order valence-corrected chi connectivity index (χ4v) is 3.63. The lowest BCUT2D eigenvalue weighted by molar-refractivity contribution is 0.0376. The van der Waals surface area contributed by atoms with Crippen LogP contribution in [0.25, 0.3) is 17.0 Å². The maximum atomic E-state index is 13.3. The molecule has 2 N–H and O–H groups in total. The van der Waals surface area contributed by atoms with Crippen molar-refractivity contribution in [2.45, 2.75) is 45.1 Å². The molecule has 1 saturated carbocycles. The highest BCUT2D eigenvalue weighted by Gasteiger charge is 2.43. The second kappa shape index (κ2) is 8.96. The predicted molar refractivity (Wildman–Crippen MR) is 121 cm³/mol. The minimum Gasteiger partial charge on any atom is -0.391 e. The molecule has 10 heteroatoms. The fraction of sp³-hybridized carbons (Fsp3) is 0.333. The molecule has 1 amide bonds. The average Bonchev–Trinajstić information content (AvgIpc) is 3.20. The van der Waals surface area contributed by atoms with Crippen LogP contribution in [-0.2, 0) is 11.3 Å². The molecule has 3 atom stereocenters. The normalized spacial score (nSPS) is 18.2. The maximum absolute atomic E-state index is 13.3. The minimum absolute atomic E-state index is 0.244. The smallest absolute Gasteiger partial charge is 0.274 e. The summed E-state index contributed by atoms with van der Waals surface area (Å²) in [6, 6.07) is 9.12. The number of nitrogens with one attached hydrogen (secondary N) is 1. The van der Waals surface area contributed by atoms with E-state index >= 15 is 0 Å². The Labute approximate surface area is 194 Å². The quantitative estimate of drug-likeness (QED) is 0.408. The molecule has 0 unspecified atom stereocenters. The molecule has 0 spiro atoms. The number of imidazole rings is 1. The van der Waals surface area contributed by atoms with Crippen molar-refractivity contribution in [3.8, 4) is 11.4 Å². The van der Waals surface area contributed by atoms with Gasteiger partial charge in [0.15, 0.2) is 0 Å². The number of hydrogen-bond acceptors (Lipinski definition) is 7. The number of ether oxygens (including phenoxy) is 1. The van der Waals surface area contributed by atoms with Crippen molar-refractivity contribution < 1.29 is 23.6 Å². The van der Waals surface area contributed by atoms with Gasteiger partial charge in [0, 0.05) is 17.4 Å². The third kappa shape index (κ3) is 4.55. The van der Waals surface area contributed by atoms with E-state index in [-0.39, 0.29) is 18.4 Å². The summed E-state index contributed by atoms with van der Waals surface area (Å²) in [5, 5.41) is 16.2. The van der Waals surface area contributed by atoms with Gasteiger partial charge in [0.1, 0.15) is 17.5 Å². The maximum Gasteiger partial charge on any atom is 0.274 e. The number of carbonyl (C=O) groups excluding carboxylic acids is 1. The van der Waals surface area contributed by atoms with E-state index in [0.717, 1.165) is 11.1 Å². The summed E-state index contributed by atoms with van der Waals surface area (Å²) in [5.41, 5.74) is 3.99. The Bertz CT molecular complexity index is 1350. The van der Waals surface area contributed by atoms with Gasteiger partial charge in [-0.2, -0.15) is 4.98 Å². The first kappa shape index (κ1) is 22.2. The summed E-state index contributed by atoms with van der Waals surface area (Å²) in [4.78, 5) is 21.7. The van der Waals surface area contributed by atoms with E-state index in [1.807, 2.05) is 31.2 Å². The number of anilines is 1. The first-order valence-electron chi connectivity index (χ1n) is 11.0. The van der Waals surface area contributed by atoms with Crippen molar-refractivity contribution in [2.75, 3.05) is 11.9 Å². The number of nitrogens with zero attached hydrogens (tertiary/aromatic N) is 4. The van der Waals surface area contributed by atoms with Gasteiger partial charge in [0.25, 0.3) is 5.91 Å². The largest absolute Gasteiger partial charge is 0.391 e. The summed E-state index contributed by atoms with van der Waals surface area (Å²) >= 11 is 0. The standard InChI is InChI=1S/C24H24FN5O4/c1-13-3-4-16(22-28-24(34-29-22)17-9-18(17)25)8-19(13)27-23(32)20-10-26-21-7-15(5-6-30(20)21)12-33-11-14(2)31/h3-8,10,14,17-18,31H,9,11-12H2,1-2H3,(H,27,32)/t14-,17+,18+/m1/s1. The van der Waals surface area contributed by atoms with Gasteiger partial charge < -0.3 is 19.7 Å². The van der Waals surface area contributed by atoms with Crippen LogP contribution in [0.4, 0.5) is 10.1 Å². The van der Waals surface area contributed by atoms with Crippen LogP contribution in [0.3, 0.4) is 0 Å². The highest BCUT2D eigenvalue weighted by molar-refractivity contribution is 6.04. The third-order valence-corrected chi connectivity index (χ3v) is 5.65. The summed E-state index contributed by atoms with van der Waals surface area (Å²) < 4.78 is 25.6. The number of aromatic nitrogens is 4. The predicted octanol–water partition coefficient (Wildman–Crippen LogP) is 3.67. The molecule has 1 fully saturated rings. The first-order chi connectivity index (χ1) is 16.4. The number of aliphatic hydroxyl groups is 1. The topological polar surface area (TPSA) is 115 Å². The minimum atomic E-state index is -0.917. The Morgan fingerprint density at radius 2 is 2.21 bits per heavy atom. The van der Waals surface area contributed by atoms with Crippen molar-refractivity contribution in [1.82, 2.24) is 19.5 Å². The number of fused-ring (bicyclic) bond motifs is 1. The summed E-state index contributed by atoms with van der Waals surface area (Å²) in [7, 11) is 0. The van der Waals surface area contributed by atoms with Gasteiger partial charge in [-0.25, -0.2) is 9.37 Å². The van der Waals surface area contributed by atoms with E-state index < -0.39 is 12.3 Å². The molecule has 1 aliphatic rings. The number of aliphatic hydroxyl groups excluding tert-OH is 1. The number of halogens is 1. The van der Waals surface area contributed by atoms with Gasteiger partial charge in [0.2, 0.25) is 11.7 Å². The van der Waals surface area contributed by atoms with Crippen LogP contribution < -0.4 is 5.32 Å². The van der Waals surface area contributed by atoms with Gasteiger partial charge in [-0.15, -0.1) is 0 Å². The Balaban J connectivity index is 1.33. The number of amides is 1. The van der Waals surface area contributed by atoms with Gasteiger partial charge in [-0.3, -0.25) is 9.20 Å². The summed E-state index contributed by atoms with van der Waals surface area (Å²) in [6.45, 7) is 4.13. The Morgan fingerprint density at radius 1 is 1.38 bits per heavy atom. The zero-order valence-electron chi connectivity index (χ0n) is 18.7. The molecule has 1 aliphatic carbocycles. The van der Waals surface area contributed by atoms with E-state index in [0.29, 0.717) is 47.3 Å². The van der Waals surface area contributed by atoms with Crippen molar-refractivity contribution in [3.63, 3.8) is 0 Å². The lowest BCUT2D eigenvalue weighted by Crippen LogP contribution is -2.15. The van der Waals surface area contributed by atoms with Crippen molar-refractivity contribution >= 4 is 17.2 Å². The summed E-state index contributed by atoms with van der Waals surface area (Å²) in [6.07, 6.45) is 2.23. The van der Waals surface area contributed by atoms with Gasteiger partial charge in [-0.05, 0) is 49.6 Å². The number of benzene rings is 1. The van der Waals surface area contributed by atoms with Gasteiger partial charge in [0.05, 0.1) is 31.4 Å². The highest BCUT2D eigenvalue weighted by atomic mass is 19.1. The second-order valence-corrected chi connectivity index (χ2v) is 8.57. The molecular formula is C24H24FN5O4. The molecule has 4 aromatic rings. The molecule has 3 heterocycles. The second-order valence-electron chi connectivity index (χ2n) is 8.57. The average molecular weight is 465 g/mol. The Hall–Kier alpha value is -3.63. The van der Waals surface area contributed by atoms with Crippen LogP contribution in [0.1, 0.15) is 46.8 Å². The van der Waals surface area contributed by atoms with E-state index in [4.69, 9.17) is 9.26 Å². The molecular weight excluding hydrogens is 441 g/mol. The molecule has 0 bridgehead atoms. The molecule has 0 aliphatic heterocycles. The number of aryl methyl sites for hydroxylation is 1. The van der Waals surface area contributed by atoms with Crippen LogP contribution in [-0.4, -0.2) is 49.4 Å². The van der Waals surface area contributed by atoms with Crippen LogP contribution in [0.5, 0.6) is 0 Å². The molecule has 0 radical (unpaired) electrons. The molecule has 0 saturated heterocycles. The van der Waals surface area contributed by atoms with E-state index in [1.165, 1.54) is 6.20 Å². The number of carbonyl (C=O) groups is 1. The van der Waals surface area contributed by atoms with Crippen molar-refractivity contribution in [2.24, 2.45) is 0 Å². The van der Waals surface area contributed by atoms with E-state index in [1.54, 1.807) is 23.6 Å². The van der Waals surface area contributed by atoms with Crippen LogP contribution >= 0.6 is 0 Å². The van der Waals surface area contributed by atoms with Crippen molar-refractivity contribution in [3.05, 3.63) is 65.4 Å². The third-order valence-electron chi connectivity index (χ3n) is 5.65. The van der Waals surface area contributed by atoms with Crippen LogP contribution in [0.2, 0.25) is 0 Å². The first-order valence-corrected chi connectivity index (χ1v) is 11.0. The number of rotatable bonds is 8. The highest BCUT2D eigenvalue weighted by Crippen LogP contribution is 2.43. The zero-order valence-corrected chi connectivity index (χ0v) is 18.7. The molecule has 34 heavy (non-hydrogen) atoms. The van der Waals surface area contributed by atoms with E-state index in [2.05, 4.69) is 20.4 Å². The van der Waals surface area contributed by atoms with Crippen molar-refractivity contribution in [1.29, 1.82) is 0 Å². The number of hydrogen-bond donors (Lipinski definition) is 2. The van der Waals surface area contributed by atoms with Crippen LogP contribution in [0, 0.1) is 6.92 Å². The lowest BCUT2D eigenvalue weighted by Gasteiger charge is -2.10.